The maximum Gasteiger partial charge on any atom is 0.410 e. The van der Waals surface area contributed by atoms with Crippen molar-refractivity contribution in [3.8, 4) is 0 Å². The average Bonchev–Trinajstić information content (AvgIpc) is 2.98. The number of fused-ring (bicyclic) bond motifs is 1. The molecular formula is C22H29N3O7. The Bertz CT molecular complexity index is 936. The van der Waals surface area contributed by atoms with Gasteiger partial charge in [-0.2, -0.15) is 0 Å². The molecule has 2 heterocycles. The van der Waals surface area contributed by atoms with Gasteiger partial charge < -0.3 is 34.1 Å². The lowest BCUT2D eigenvalue weighted by Gasteiger charge is -2.32. The van der Waals surface area contributed by atoms with Crippen LogP contribution < -0.4 is 10.2 Å². The highest BCUT2D eigenvalue weighted by Crippen LogP contribution is 2.31. The van der Waals surface area contributed by atoms with Crippen LogP contribution in [0.25, 0.3) is 0 Å². The summed E-state index contributed by atoms with van der Waals surface area (Å²) < 4.78 is 20.8. The van der Waals surface area contributed by atoms with Gasteiger partial charge in [-0.05, 0) is 44.5 Å². The summed E-state index contributed by atoms with van der Waals surface area (Å²) in [4.78, 5) is 40.6. The SMILES string of the molecule is COC(=O)C1=C(C(=O)OC)N(c2ccc3c(c2)CN(C(=O)OC(C)(C)C)CCN3)COC1. The van der Waals surface area contributed by atoms with Crippen molar-refractivity contribution >= 4 is 29.4 Å². The maximum atomic E-state index is 12.6. The van der Waals surface area contributed by atoms with Crippen molar-refractivity contribution < 1.29 is 33.3 Å². The molecule has 0 aromatic heterocycles. The van der Waals surface area contributed by atoms with Gasteiger partial charge in [-0.25, -0.2) is 14.4 Å². The zero-order valence-electron chi connectivity index (χ0n) is 19.0. The minimum Gasteiger partial charge on any atom is -0.466 e. The van der Waals surface area contributed by atoms with Gasteiger partial charge in [-0.15, -0.1) is 0 Å². The molecule has 0 fully saturated rings. The molecule has 1 N–H and O–H groups in total. The molecule has 10 nitrogen and oxygen atoms in total. The summed E-state index contributed by atoms with van der Waals surface area (Å²) in [6.07, 6.45) is -0.401. The summed E-state index contributed by atoms with van der Waals surface area (Å²) >= 11 is 0. The Hall–Kier alpha value is -3.27. The number of esters is 2. The van der Waals surface area contributed by atoms with E-state index in [4.69, 9.17) is 18.9 Å². The number of anilines is 2. The number of carbonyl (C=O) groups excluding carboxylic acids is 3. The number of amides is 1. The van der Waals surface area contributed by atoms with Crippen molar-refractivity contribution in [2.24, 2.45) is 0 Å². The van der Waals surface area contributed by atoms with Gasteiger partial charge in [-0.3, -0.25) is 0 Å². The van der Waals surface area contributed by atoms with Gasteiger partial charge in [0.15, 0.2) is 0 Å². The molecule has 0 unspecified atom stereocenters. The standard InChI is InChI=1S/C22H29N3O7/c1-22(2,3)32-21(28)24-9-8-23-17-7-6-15(10-14(17)11-24)25-13-31-12-16(19(26)29-4)18(25)20(27)30-5/h6-7,10,23H,8-9,11-13H2,1-5H3. The summed E-state index contributed by atoms with van der Waals surface area (Å²) in [6.45, 7) is 6.82. The number of hydrogen-bond donors (Lipinski definition) is 1. The first-order chi connectivity index (χ1) is 15.1. The van der Waals surface area contributed by atoms with Gasteiger partial charge >= 0.3 is 18.0 Å². The highest BCUT2D eigenvalue weighted by atomic mass is 16.6. The lowest BCUT2D eigenvalue weighted by molar-refractivity contribution is -0.140. The third-order valence-electron chi connectivity index (χ3n) is 4.94. The predicted octanol–water partition coefficient (Wildman–Crippen LogP) is 2.24. The normalized spacial score (nSPS) is 16.5. The van der Waals surface area contributed by atoms with E-state index in [1.54, 1.807) is 9.80 Å². The Balaban J connectivity index is 1.96. The van der Waals surface area contributed by atoms with Crippen LogP contribution in [0.5, 0.6) is 0 Å². The zero-order valence-corrected chi connectivity index (χ0v) is 19.0. The second kappa shape index (κ2) is 9.47. The first-order valence-corrected chi connectivity index (χ1v) is 10.2. The highest BCUT2D eigenvalue weighted by Gasteiger charge is 2.33. The fourth-order valence-corrected chi connectivity index (χ4v) is 3.49. The van der Waals surface area contributed by atoms with Gasteiger partial charge in [0.1, 0.15) is 18.0 Å². The molecule has 0 bridgehead atoms. The number of nitrogens with zero attached hydrogens (tertiary/aromatic N) is 2. The summed E-state index contributed by atoms with van der Waals surface area (Å²) in [5, 5.41) is 3.31. The number of rotatable bonds is 3. The van der Waals surface area contributed by atoms with Crippen LogP contribution in [-0.4, -0.2) is 69.2 Å². The number of methoxy groups -OCH3 is 2. The van der Waals surface area contributed by atoms with Crippen LogP contribution in [0.3, 0.4) is 0 Å². The smallest absolute Gasteiger partial charge is 0.410 e. The monoisotopic (exact) mass is 447 g/mol. The summed E-state index contributed by atoms with van der Waals surface area (Å²) in [5.41, 5.74) is 1.86. The van der Waals surface area contributed by atoms with Gasteiger partial charge in [0.25, 0.3) is 0 Å². The van der Waals surface area contributed by atoms with Crippen LogP contribution in [0.1, 0.15) is 26.3 Å². The Morgan fingerprint density at radius 2 is 1.81 bits per heavy atom. The van der Waals surface area contributed by atoms with Crippen LogP contribution in [0, 0.1) is 0 Å². The van der Waals surface area contributed by atoms with E-state index in [1.807, 2.05) is 39.0 Å². The fourth-order valence-electron chi connectivity index (χ4n) is 3.49. The molecule has 2 aliphatic rings. The van der Waals surface area contributed by atoms with E-state index < -0.39 is 23.6 Å². The van der Waals surface area contributed by atoms with Crippen LogP contribution in [0.15, 0.2) is 29.5 Å². The molecule has 2 aliphatic heterocycles. The first-order valence-electron chi connectivity index (χ1n) is 10.2. The van der Waals surface area contributed by atoms with Crippen LogP contribution >= 0.6 is 0 Å². The first kappa shape index (κ1) is 23.4. The van der Waals surface area contributed by atoms with Crippen molar-refractivity contribution in [1.82, 2.24) is 4.90 Å². The molecule has 0 atom stereocenters. The van der Waals surface area contributed by atoms with Gasteiger partial charge in [0.05, 0.1) is 32.9 Å². The summed E-state index contributed by atoms with van der Waals surface area (Å²) in [6, 6.07) is 5.52. The summed E-state index contributed by atoms with van der Waals surface area (Å²) in [7, 11) is 2.49. The van der Waals surface area contributed by atoms with E-state index >= 15 is 0 Å². The second-order valence-corrected chi connectivity index (χ2v) is 8.39. The van der Waals surface area contributed by atoms with E-state index in [9.17, 15) is 14.4 Å². The average molecular weight is 447 g/mol. The van der Waals surface area contributed by atoms with E-state index in [2.05, 4.69) is 5.32 Å². The van der Waals surface area contributed by atoms with E-state index in [0.29, 0.717) is 25.3 Å². The molecular weight excluding hydrogens is 418 g/mol. The van der Waals surface area contributed by atoms with Crippen molar-refractivity contribution in [2.75, 3.05) is 50.9 Å². The Kier molecular flexibility index (Phi) is 6.93. The van der Waals surface area contributed by atoms with Crippen LogP contribution in [-0.2, 0) is 35.1 Å². The zero-order chi connectivity index (χ0) is 23.5. The molecule has 0 radical (unpaired) electrons. The molecule has 32 heavy (non-hydrogen) atoms. The molecule has 1 aromatic carbocycles. The van der Waals surface area contributed by atoms with E-state index in [0.717, 1.165) is 11.3 Å². The topological polar surface area (TPSA) is 107 Å². The third kappa shape index (κ3) is 5.13. The predicted molar refractivity (Wildman–Crippen MR) is 116 cm³/mol. The Labute approximate surface area is 187 Å². The lowest BCUT2D eigenvalue weighted by Crippen LogP contribution is -2.39. The van der Waals surface area contributed by atoms with E-state index in [1.165, 1.54) is 14.2 Å². The second-order valence-electron chi connectivity index (χ2n) is 8.39. The van der Waals surface area contributed by atoms with Gasteiger partial charge in [0.2, 0.25) is 0 Å². The minimum atomic E-state index is -0.669. The molecule has 174 valence electrons. The highest BCUT2D eigenvalue weighted by molar-refractivity contribution is 6.03. The van der Waals surface area contributed by atoms with Crippen molar-refractivity contribution in [2.45, 2.75) is 32.9 Å². The van der Waals surface area contributed by atoms with Gasteiger partial charge in [0, 0.05) is 24.5 Å². The number of carbonyl (C=O) groups is 3. The number of ether oxygens (including phenoxy) is 4. The molecule has 0 aliphatic carbocycles. The molecule has 0 saturated heterocycles. The minimum absolute atomic E-state index is 0.0485. The maximum absolute atomic E-state index is 12.6. The van der Waals surface area contributed by atoms with E-state index in [-0.39, 0.29) is 24.6 Å². The molecule has 3 rings (SSSR count). The lowest BCUT2D eigenvalue weighted by atomic mass is 10.1. The molecule has 0 saturated carbocycles. The third-order valence-corrected chi connectivity index (χ3v) is 4.94. The Morgan fingerprint density at radius 1 is 1.09 bits per heavy atom. The molecule has 1 aromatic rings. The van der Waals surface area contributed by atoms with Crippen molar-refractivity contribution in [3.63, 3.8) is 0 Å². The quantitative estimate of drug-likeness (QED) is 0.551. The number of nitrogens with one attached hydrogen (secondary N) is 1. The Morgan fingerprint density at radius 3 is 2.47 bits per heavy atom. The largest absolute Gasteiger partial charge is 0.466 e. The van der Waals surface area contributed by atoms with Crippen LogP contribution in [0.2, 0.25) is 0 Å². The van der Waals surface area contributed by atoms with Crippen molar-refractivity contribution in [3.05, 3.63) is 35.0 Å². The van der Waals surface area contributed by atoms with Crippen LogP contribution in [0.4, 0.5) is 16.2 Å². The number of benzene rings is 1. The molecule has 10 heteroatoms. The summed E-state index contributed by atoms with van der Waals surface area (Å²) in [5.74, 6) is -1.33. The van der Waals surface area contributed by atoms with Crippen molar-refractivity contribution in [1.29, 1.82) is 0 Å². The molecule has 0 spiro atoms. The molecule has 1 amide bonds. The van der Waals surface area contributed by atoms with Gasteiger partial charge in [-0.1, -0.05) is 0 Å². The number of hydrogen-bond acceptors (Lipinski definition) is 9. The fraction of sp³-hybridized carbons (Fsp3) is 0.500.